The number of aromatic nitrogens is 5. The zero-order valence-electron chi connectivity index (χ0n) is 20.1. The van der Waals surface area contributed by atoms with Gasteiger partial charge in [0.2, 0.25) is 17.8 Å². The Labute approximate surface area is 202 Å². The van der Waals surface area contributed by atoms with Crippen LogP contribution in [0.4, 0.5) is 33.9 Å². The highest BCUT2D eigenvalue weighted by Gasteiger charge is 2.31. The van der Waals surface area contributed by atoms with Crippen LogP contribution < -0.4 is 26.6 Å². The quantitative estimate of drug-likeness (QED) is 0.426. The topological polar surface area (TPSA) is 159 Å². The molecule has 3 heterocycles. The lowest BCUT2D eigenvalue weighted by Crippen LogP contribution is -2.58. The minimum absolute atomic E-state index is 0.0554. The van der Waals surface area contributed by atoms with Gasteiger partial charge in [-0.3, -0.25) is 4.79 Å². The predicted octanol–water partition coefficient (Wildman–Crippen LogP) is 1.58. The number of nitrogens with zero attached hydrogens (tertiary/aromatic N) is 7. The normalized spacial score (nSPS) is 17.7. The molecule has 2 aromatic heterocycles. The molecule has 1 saturated heterocycles. The maximum absolute atomic E-state index is 12.0. The fraction of sp³-hybridized carbons (Fsp3) is 0.364. The second-order valence-electron chi connectivity index (χ2n) is 8.38. The molecule has 0 bridgehead atoms. The molecule has 0 spiro atoms. The molecule has 184 valence electrons. The van der Waals surface area contributed by atoms with Crippen molar-refractivity contribution >= 4 is 41.0 Å². The van der Waals surface area contributed by atoms with Crippen LogP contribution >= 0.6 is 0 Å². The molecule has 4 rings (SSSR count). The van der Waals surface area contributed by atoms with E-state index in [0.29, 0.717) is 30.5 Å². The van der Waals surface area contributed by atoms with Crippen LogP contribution in [0.5, 0.6) is 0 Å². The summed E-state index contributed by atoms with van der Waals surface area (Å²) in [6, 6.07) is 8.69. The van der Waals surface area contributed by atoms with Crippen LogP contribution in [0, 0.1) is 0 Å². The number of anilines is 5. The molecule has 3 amide bonds. The van der Waals surface area contributed by atoms with Crippen LogP contribution in [0.15, 0.2) is 36.7 Å². The number of nitrogens with one attached hydrogen (secondary N) is 3. The number of hydrogen-bond acceptors (Lipinski definition) is 9. The lowest BCUT2D eigenvalue weighted by Gasteiger charge is -2.44. The Balaban J connectivity index is 1.49. The Morgan fingerprint density at radius 2 is 1.66 bits per heavy atom. The van der Waals surface area contributed by atoms with Crippen LogP contribution in [0.3, 0.4) is 0 Å². The van der Waals surface area contributed by atoms with Crippen molar-refractivity contribution < 1.29 is 9.59 Å². The van der Waals surface area contributed by atoms with Crippen molar-refractivity contribution in [3.05, 3.63) is 36.7 Å². The van der Waals surface area contributed by atoms with Gasteiger partial charge in [-0.25, -0.2) is 14.8 Å². The first-order valence-electron chi connectivity index (χ1n) is 11.2. The number of urea groups is 1. The number of carbonyl (C=O) groups is 2. The Morgan fingerprint density at radius 1 is 1.03 bits per heavy atom. The van der Waals surface area contributed by atoms with Gasteiger partial charge in [-0.05, 0) is 38.1 Å². The summed E-state index contributed by atoms with van der Waals surface area (Å²) >= 11 is 0. The summed E-state index contributed by atoms with van der Waals surface area (Å²) in [6.07, 6.45) is 1.46. The molecular formula is C22H29N11O2. The summed E-state index contributed by atoms with van der Waals surface area (Å²) in [5, 5.41) is 12.7. The van der Waals surface area contributed by atoms with Crippen LogP contribution in [0.2, 0.25) is 0 Å². The summed E-state index contributed by atoms with van der Waals surface area (Å²) in [6.45, 7) is 6.97. The highest BCUT2D eigenvalue weighted by atomic mass is 16.2. The van der Waals surface area contributed by atoms with E-state index in [9.17, 15) is 9.59 Å². The van der Waals surface area contributed by atoms with Gasteiger partial charge in [-0.2, -0.15) is 9.67 Å². The van der Waals surface area contributed by atoms with E-state index in [0.717, 1.165) is 11.5 Å². The summed E-state index contributed by atoms with van der Waals surface area (Å²) < 4.78 is 1.44. The molecule has 5 N–H and O–H groups in total. The molecule has 1 aromatic carbocycles. The zero-order valence-corrected chi connectivity index (χ0v) is 20.1. The Bertz CT molecular complexity index is 1200. The molecule has 0 radical (unpaired) electrons. The van der Waals surface area contributed by atoms with Crippen LogP contribution in [-0.2, 0) is 4.79 Å². The van der Waals surface area contributed by atoms with Crippen molar-refractivity contribution in [3.63, 3.8) is 0 Å². The fourth-order valence-corrected chi connectivity index (χ4v) is 4.26. The van der Waals surface area contributed by atoms with Crippen molar-refractivity contribution in [1.29, 1.82) is 0 Å². The van der Waals surface area contributed by atoms with Gasteiger partial charge in [-0.15, -0.1) is 5.10 Å². The number of hydrogen-bond donors (Lipinski definition) is 4. The second kappa shape index (κ2) is 9.83. The highest BCUT2D eigenvalue weighted by Crippen LogP contribution is 2.23. The molecule has 0 saturated carbocycles. The number of carbonyl (C=O) groups excluding carboxylic acids is 2. The van der Waals surface area contributed by atoms with Gasteiger partial charge in [0.05, 0.1) is 0 Å². The first kappa shape index (κ1) is 23.7. The van der Waals surface area contributed by atoms with Gasteiger partial charge in [0.1, 0.15) is 12.1 Å². The minimum Gasteiger partial charge on any atom is -0.368 e. The Hall–Kier alpha value is -4.42. The predicted molar refractivity (Wildman–Crippen MR) is 133 cm³/mol. The molecule has 2 atom stereocenters. The van der Waals surface area contributed by atoms with E-state index in [1.54, 1.807) is 44.3 Å². The van der Waals surface area contributed by atoms with E-state index in [1.165, 1.54) is 11.0 Å². The molecule has 3 aromatic rings. The average Bonchev–Trinajstić information content (AvgIpc) is 3.19. The SMILES string of the molecule is CNC(=O)Nc1ccc(Nc2nc(N)n(-c3cc(N4C[C@@H](C)N(C(C)=O)[C@@H](C)C4)ncn3)n2)cc1. The van der Waals surface area contributed by atoms with Crippen molar-refractivity contribution in [2.45, 2.75) is 32.9 Å². The number of rotatable bonds is 5. The van der Waals surface area contributed by atoms with E-state index < -0.39 is 0 Å². The van der Waals surface area contributed by atoms with Crippen LogP contribution in [0.25, 0.3) is 5.82 Å². The highest BCUT2D eigenvalue weighted by molar-refractivity contribution is 5.89. The first-order valence-corrected chi connectivity index (χ1v) is 11.2. The van der Waals surface area contributed by atoms with E-state index in [-0.39, 0.29) is 30.0 Å². The fourth-order valence-electron chi connectivity index (χ4n) is 4.26. The molecule has 13 heteroatoms. The monoisotopic (exact) mass is 479 g/mol. The summed E-state index contributed by atoms with van der Waals surface area (Å²) in [5.41, 5.74) is 7.49. The molecular weight excluding hydrogens is 450 g/mol. The van der Waals surface area contributed by atoms with Gasteiger partial charge < -0.3 is 31.5 Å². The maximum Gasteiger partial charge on any atom is 0.318 e. The zero-order chi connectivity index (χ0) is 25.1. The van der Waals surface area contributed by atoms with Gasteiger partial charge >= 0.3 is 6.03 Å². The molecule has 35 heavy (non-hydrogen) atoms. The molecule has 1 aliphatic heterocycles. The molecule has 1 aliphatic rings. The Morgan fingerprint density at radius 3 is 2.29 bits per heavy atom. The van der Waals surface area contributed by atoms with E-state index in [4.69, 9.17) is 5.73 Å². The lowest BCUT2D eigenvalue weighted by molar-refractivity contribution is -0.133. The molecule has 0 aliphatic carbocycles. The second-order valence-corrected chi connectivity index (χ2v) is 8.38. The first-order chi connectivity index (χ1) is 16.7. The third kappa shape index (κ3) is 5.23. The van der Waals surface area contributed by atoms with Crippen molar-refractivity contribution in [3.8, 4) is 5.82 Å². The molecule has 13 nitrogen and oxygen atoms in total. The number of nitrogens with two attached hydrogens (primary N) is 1. The van der Waals surface area contributed by atoms with Crippen molar-refractivity contribution in [1.82, 2.24) is 34.9 Å². The van der Waals surface area contributed by atoms with Gasteiger partial charge in [-0.1, -0.05) is 0 Å². The van der Waals surface area contributed by atoms with Gasteiger partial charge in [0.15, 0.2) is 5.82 Å². The molecule has 0 unspecified atom stereocenters. The van der Waals surface area contributed by atoms with Crippen molar-refractivity contribution in [2.75, 3.05) is 41.4 Å². The largest absolute Gasteiger partial charge is 0.368 e. The van der Waals surface area contributed by atoms with Gasteiger partial charge in [0.25, 0.3) is 0 Å². The summed E-state index contributed by atoms with van der Waals surface area (Å²) in [4.78, 5) is 40.4. The summed E-state index contributed by atoms with van der Waals surface area (Å²) in [7, 11) is 1.55. The van der Waals surface area contributed by atoms with E-state index in [2.05, 4.69) is 40.9 Å². The van der Waals surface area contributed by atoms with E-state index in [1.807, 2.05) is 18.7 Å². The van der Waals surface area contributed by atoms with E-state index >= 15 is 0 Å². The average molecular weight is 480 g/mol. The van der Waals surface area contributed by atoms with Crippen LogP contribution in [-0.4, -0.2) is 73.8 Å². The number of amides is 3. The summed E-state index contributed by atoms with van der Waals surface area (Å²) in [5.74, 6) is 1.74. The van der Waals surface area contributed by atoms with Crippen molar-refractivity contribution in [2.24, 2.45) is 0 Å². The maximum atomic E-state index is 12.0. The standard InChI is InChI=1S/C22H29N11O2/c1-13-10-31(11-14(2)32(13)15(3)34)18-9-19(26-12-25-18)33-20(23)29-21(30-33)27-16-5-7-17(8-6-16)28-22(35)24-4/h5-9,12-14H,10-11H2,1-4H3,(H2,24,28,35)(H3,23,27,29,30)/t13-,14+. The third-order valence-corrected chi connectivity index (χ3v) is 5.72. The third-order valence-electron chi connectivity index (χ3n) is 5.72. The Kier molecular flexibility index (Phi) is 6.66. The number of benzene rings is 1. The van der Waals surface area contributed by atoms with Gasteiger partial charge in [0, 0.05) is 56.6 Å². The minimum atomic E-state index is -0.298. The number of nitrogen functional groups attached to an aromatic ring is 1. The lowest BCUT2D eigenvalue weighted by atomic mass is 10.1. The van der Waals surface area contributed by atoms with Crippen LogP contribution in [0.1, 0.15) is 20.8 Å². The molecule has 1 fully saturated rings. The number of piperazine rings is 1. The smallest absolute Gasteiger partial charge is 0.318 e.